The maximum absolute atomic E-state index is 13.1. The zero-order chi connectivity index (χ0) is 23.4. The van der Waals surface area contributed by atoms with Crippen molar-refractivity contribution in [2.75, 3.05) is 0 Å². The number of benzene rings is 3. The second kappa shape index (κ2) is 9.88. The number of hydrogen-bond acceptors (Lipinski definition) is 4. The van der Waals surface area contributed by atoms with Gasteiger partial charge >= 0.3 is 0 Å². The van der Waals surface area contributed by atoms with Crippen molar-refractivity contribution in [3.05, 3.63) is 88.9 Å². The standard InChI is InChI=1S/C26H27ClO4S/c1-19-6-4-7-24(18-19)32(29,30)26(2,3)17-5-8-25(28)20-9-13-22(14-10-20)31-23-15-11-21(27)12-16-23/h4,6-7,9-16,18H,5,8,17H2,1-3H3. The molecule has 3 aromatic rings. The molecule has 6 heteroatoms. The quantitative estimate of drug-likeness (QED) is 0.314. The summed E-state index contributed by atoms with van der Waals surface area (Å²) in [4.78, 5) is 12.9. The van der Waals surface area contributed by atoms with Gasteiger partial charge in [-0.1, -0.05) is 23.7 Å². The van der Waals surface area contributed by atoms with E-state index < -0.39 is 14.6 Å². The Bertz CT molecular complexity index is 1180. The first-order valence-electron chi connectivity index (χ1n) is 10.5. The summed E-state index contributed by atoms with van der Waals surface area (Å²) in [6.45, 7) is 5.31. The van der Waals surface area contributed by atoms with E-state index in [4.69, 9.17) is 16.3 Å². The molecular weight excluding hydrogens is 444 g/mol. The second-order valence-corrected chi connectivity index (χ2v) is 11.5. The van der Waals surface area contributed by atoms with E-state index in [1.165, 1.54) is 0 Å². The van der Waals surface area contributed by atoms with Gasteiger partial charge in [0.05, 0.1) is 9.64 Å². The van der Waals surface area contributed by atoms with Crippen LogP contribution in [0.5, 0.6) is 11.5 Å². The van der Waals surface area contributed by atoms with E-state index in [2.05, 4.69) is 0 Å². The monoisotopic (exact) mass is 470 g/mol. The molecule has 0 aromatic heterocycles. The highest BCUT2D eigenvalue weighted by molar-refractivity contribution is 7.92. The summed E-state index contributed by atoms with van der Waals surface area (Å²) in [5.74, 6) is 1.26. The number of ether oxygens (including phenoxy) is 1. The zero-order valence-corrected chi connectivity index (χ0v) is 20.0. The van der Waals surface area contributed by atoms with Crippen molar-refractivity contribution < 1.29 is 17.9 Å². The molecule has 0 N–H and O–H groups in total. The minimum atomic E-state index is -3.50. The Morgan fingerprint density at radius 1 is 0.938 bits per heavy atom. The molecule has 0 spiro atoms. The van der Waals surface area contributed by atoms with Crippen LogP contribution in [0.2, 0.25) is 5.02 Å². The molecule has 168 valence electrons. The fourth-order valence-corrected chi connectivity index (χ4v) is 5.18. The first-order valence-corrected chi connectivity index (χ1v) is 12.3. The smallest absolute Gasteiger partial charge is 0.183 e. The third-order valence-electron chi connectivity index (χ3n) is 5.44. The first kappa shape index (κ1) is 24.0. The molecular formula is C26H27ClO4S. The minimum Gasteiger partial charge on any atom is -0.457 e. The van der Waals surface area contributed by atoms with E-state index in [1.807, 2.05) is 13.0 Å². The van der Waals surface area contributed by atoms with Crippen LogP contribution in [0.15, 0.2) is 77.7 Å². The third kappa shape index (κ3) is 5.78. The molecule has 4 nitrogen and oxygen atoms in total. The molecule has 3 rings (SSSR count). The van der Waals surface area contributed by atoms with Crippen molar-refractivity contribution in [1.82, 2.24) is 0 Å². The van der Waals surface area contributed by atoms with Crippen LogP contribution in [0.4, 0.5) is 0 Å². The maximum atomic E-state index is 13.1. The fourth-order valence-electron chi connectivity index (χ4n) is 3.40. The van der Waals surface area contributed by atoms with Gasteiger partial charge in [0, 0.05) is 17.0 Å². The molecule has 32 heavy (non-hydrogen) atoms. The highest BCUT2D eigenvalue weighted by Crippen LogP contribution is 2.31. The largest absolute Gasteiger partial charge is 0.457 e. The Labute approximate surface area is 195 Å². The zero-order valence-electron chi connectivity index (χ0n) is 18.5. The molecule has 0 unspecified atom stereocenters. The molecule has 0 atom stereocenters. The van der Waals surface area contributed by atoms with E-state index in [0.717, 1.165) is 5.56 Å². The van der Waals surface area contributed by atoms with E-state index in [-0.39, 0.29) is 12.2 Å². The van der Waals surface area contributed by atoms with Gasteiger partial charge in [0.1, 0.15) is 11.5 Å². The lowest BCUT2D eigenvalue weighted by atomic mass is 10.0. The van der Waals surface area contributed by atoms with Crippen LogP contribution in [0.1, 0.15) is 49.0 Å². The Morgan fingerprint density at radius 3 is 2.12 bits per heavy atom. The molecule has 0 fully saturated rings. The predicted octanol–water partition coefficient (Wildman–Crippen LogP) is 7.05. The number of rotatable bonds is 9. The van der Waals surface area contributed by atoms with E-state index in [9.17, 15) is 13.2 Å². The summed E-state index contributed by atoms with van der Waals surface area (Å²) in [6.07, 6.45) is 1.16. The van der Waals surface area contributed by atoms with Gasteiger partial charge in [-0.3, -0.25) is 4.79 Å². The Morgan fingerprint density at radius 2 is 1.53 bits per heavy atom. The number of halogens is 1. The highest BCUT2D eigenvalue weighted by Gasteiger charge is 2.35. The fraction of sp³-hybridized carbons (Fsp3) is 0.269. The molecule has 0 aliphatic carbocycles. The number of ketones is 1. The van der Waals surface area contributed by atoms with Crippen LogP contribution in [0.25, 0.3) is 0 Å². The third-order valence-corrected chi connectivity index (χ3v) is 8.22. The molecule has 0 amide bonds. The topological polar surface area (TPSA) is 60.4 Å². The average Bonchev–Trinajstić information content (AvgIpc) is 2.75. The maximum Gasteiger partial charge on any atom is 0.183 e. The van der Waals surface area contributed by atoms with Gasteiger partial charge in [0.15, 0.2) is 15.6 Å². The van der Waals surface area contributed by atoms with Crippen LogP contribution in [-0.4, -0.2) is 18.9 Å². The summed E-state index contributed by atoms with van der Waals surface area (Å²) in [6, 6.07) is 20.9. The van der Waals surface area contributed by atoms with Crippen molar-refractivity contribution in [2.45, 2.75) is 49.7 Å². The van der Waals surface area contributed by atoms with Crippen molar-refractivity contribution >= 4 is 27.2 Å². The van der Waals surface area contributed by atoms with Gasteiger partial charge in [-0.05, 0) is 99.8 Å². The van der Waals surface area contributed by atoms with E-state index >= 15 is 0 Å². The lowest BCUT2D eigenvalue weighted by Crippen LogP contribution is -2.32. The molecule has 0 bridgehead atoms. The van der Waals surface area contributed by atoms with Gasteiger partial charge in [0.2, 0.25) is 0 Å². The van der Waals surface area contributed by atoms with Gasteiger partial charge in [0.25, 0.3) is 0 Å². The predicted molar refractivity (Wildman–Crippen MR) is 129 cm³/mol. The number of sulfone groups is 1. The Hall–Kier alpha value is -2.63. The van der Waals surface area contributed by atoms with Crippen LogP contribution in [0.3, 0.4) is 0 Å². The molecule has 0 saturated carbocycles. The van der Waals surface area contributed by atoms with Crippen molar-refractivity contribution in [1.29, 1.82) is 0 Å². The van der Waals surface area contributed by atoms with Crippen LogP contribution < -0.4 is 4.74 Å². The second-order valence-electron chi connectivity index (χ2n) is 8.44. The molecule has 0 radical (unpaired) electrons. The van der Waals surface area contributed by atoms with Crippen molar-refractivity contribution in [3.63, 3.8) is 0 Å². The van der Waals surface area contributed by atoms with Gasteiger partial charge in [-0.2, -0.15) is 0 Å². The molecule has 3 aromatic carbocycles. The summed E-state index contributed by atoms with van der Waals surface area (Å²) in [5.41, 5.74) is 1.48. The molecule has 0 saturated heterocycles. The summed E-state index contributed by atoms with van der Waals surface area (Å²) in [5, 5.41) is 0.633. The summed E-state index contributed by atoms with van der Waals surface area (Å²) >= 11 is 5.88. The van der Waals surface area contributed by atoms with Crippen molar-refractivity contribution in [2.24, 2.45) is 0 Å². The lowest BCUT2D eigenvalue weighted by Gasteiger charge is -2.25. The van der Waals surface area contributed by atoms with E-state index in [0.29, 0.717) is 39.8 Å². The minimum absolute atomic E-state index is 0.0215. The average molecular weight is 471 g/mol. The lowest BCUT2D eigenvalue weighted by molar-refractivity contribution is 0.0978. The number of aryl methyl sites for hydroxylation is 1. The summed E-state index contributed by atoms with van der Waals surface area (Å²) in [7, 11) is -3.50. The Balaban J connectivity index is 1.57. The number of Topliss-reactive ketones (excluding diaryl/α,β-unsaturated/α-hetero) is 1. The normalized spacial score (nSPS) is 11.9. The van der Waals surface area contributed by atoms with Crippen LogP contribution in [0, 0.1) is 6.92 Å². The number of carbonyl (C=O) groups excluding carboxylic acids is 1. The number of hydrogen-bond donors (Lipinski definition) is 0. The Kier molecular flexibility index (Phi) is 7.42. The van der Waals surface area contributed by atoms with Gasteiger partial charge in [-0.25, -0.2) is 8.42 Å². The van der Waals surface area contributed by atoms with Crippen LogP contribution in [-0.2, 0) is 9.84 Å². The van der Waals surface area contributed by atoms with Gasteiger partial charge in [-0.15, -0.1) is 0 Å². The summed E-state index contributed by atoms with van der Waals surface area (Å²) < 4.78 is 30.9. The SMILES string of the molecule is Cc1cccc(S(=O)(=O)C(C)(C)CCCC(=O)c2ccc(Oc3ccc(Cl)cc3)cc2)c1. The number of carbonyl (C=O) groups is 1. The first-order chi connectivity index (χ1) is 15.1. The van der Waals surface area contributed by atoms with Crippen molar-refractivity contribution in [3.8, 4) is 11.5 Å². The van der Waals surface area contributed by atoms with E-state index in [1.54, 1.807) is 80.6 Å². The molecule has 0 aliphatic heterocycles. The highest BCUT2D eigenvalue weighted by atomic mass is 35.5. The molecule has 0 aliphatic rings. The molecule has 0 heterocycles. The van der Waals surface area contributed by atoms with Gasteiger partial charge < -0.3 is 4.74 Å². The van der Waals surface area contributed by atoms with Crippen LogP contribution >= 0.6 is 11.6 Å².